The molecule has 0 saturated heterocycles. The van der Waals surface area contributed by atoms with Gasteiger partial charge >= 0.3 is 0 Å². The van der Waals surface area contributed by atoms with Gasteiger partial charge in [0.25, 0.3) is 0 Å². The van der Waals surface area contributed by atoms with E-state index in [2.05, 4.69) is 20.7 Å². The average Bonchev–Trinajstić information content (AvgIpc) is 3.13. The molecule has 7 nitrogen and oxygen atoms in total. The van der Waals surface area contributed by atoms with Crippen LogP contribution >= 0.6 is 11.6 Å². The highest BCUT2D eigenvalue weighted by molar-refractivity contribution is 6.33. The minimum absolute atomic E-state index is 0.0459. The zero-order valence-electron chi connectivity index (χ0n) is 16.1. The van der Waals surface area contributed by atoms with E-state index in [-0.39, 0.29) is 23.8 Å². The summed E-state index contributed by atoms with van der Waals surface area (Å²) in [5, 5.41) is 10.7. The Morgan fingerprint density at radius 2 is 2.07 bits per heavy atom. The summed E-state index contributed by atoms with van der Waals surface area (Å²) in [6.07, 6.45) is 8.41. The number of nitrogens with zero attached hydrogens (tertiary/aromatic N) is 3. The lowest BCUT2D eigenvalue weighted by molar-refractivity contribution is -0.123. The maximum Gasteiger partial charge on any atom is 0.228 e. The summed E-state index contributed by atoms with van der Waals surface area (Å²) in [6, 6.07) is 7.62. The summed E-state index contributed by atoms with van der Waals surface area (Å²) >= 11 is 6.39. The standard InChI is InChI=1S/C21H22ClN5O2/c1-13(28)25-15-6-4-5-14(9-15)21(29)26-20-10-16(18(22)12-23-20)17-11-24-27-8-3-2-7-19(17)27/h2-3,7-8,10-12,14-15H,4-6,9H2,1H3,(H,25,28)(H,23,26,29)/t14-,15+/m0/s1. The molecule has 0 radical (unpaired) electrons. The van der Waals surface area contributed by atoms with E-state index in [1.807, 2.05) is 24.4 Å². The fraction of sp³-hybridized carbons (Fsp3) is 0.333. The Balaban J connectivity index is 1.53. The van der Waals surface area contributed by atoms with Gasteiger partial charge in [0, 0.05) is 42.4 Å². The molecule has 3 aromatic heterocycles. The molecule has 0 aromatic carbocycles. The quantitative estimate of drug-likeness (QED) is 0.685. The van der Waals surface area contributed by atoms with Crippen molar-refractivity contribution in [3.8, 4) is 11.1 Å². The molecule has 0 bridgehead atoms. The number of amides is 2. The lowest BCUT2D eigenvalue weighted by Crippen LogP contribution is -2.40. The van der Waals surface area contributed by atoms with Crippen LogP contribution in [0.25, 0.3) is 16.6 Å². The van der Waals surface area contributed by atoms with E-state index in [0.717, 1.165) is 35.9 Å². The van der Waals surface area contributed by atoms with Crippen molar-refractivity contribution in [2.75, 3.05) is 5.32 Å². The highest BCUT2D eigenvalue weighted by Gasteiger charge is 2.28. The van der Waals surface area contributed by atoms with E-state index < -0.39 is 0 Å². The van der Waals surface area contributed by atoms with Gasteiger partial charge in [0.15, 0.2) is 0 Å². The molecule has 4 rings (SSSR count). The van der Waals surface area contributed by atoms with Crippen molar-refractivity contribution in [1.82, 2.24) is 19.9 Å². The Labute approximate surface area is 173 Å². The molecule has 0 spiro atoms. The summed E-state index contributed by atoms with van der Waals surface area (Å²) in [5.74, 6) is 0.152. The number of anilines is 1. The molecule has 2 atom stereocenters. The molecule has 8 heteroatoms. The lowest BCUT2D eigenvalue weighted by Gasteiger charge is -2.28. The van der Waals surface area contributed by atoms with Gasteiger partial charge in [-0.15, -0.1) is 0 Å². The summed E-state index contributed by atoms with van der Waals surface area (Å²) in [4.78, 5) is 28.4. The molecule has 1 aliphatic carbocycles. The monoisotopic (exact) mass is 411 g/mol. The van der Waals surface area contributed by atoms with Gasteiger partial charge < -0.3 is 10.6 Å². The number of pyridine rings is 2. The van der Waals surface area contributed by atoms with Crippen LogP contribution in [0.5, 0.6) is 0 Å². The number of fused-ring (bicyclic) bond motifs is 1. The van der Waals surface area contributed by atoms with E-state index in [0.29, 0.717) is 17.3 Å². The second-order valence-electron chi connectivity index (χ2n) is 7.39. The molecule has 2 amide bonds. The first-order valence-corrected chi connectivity index (χ1v) is 10.1. The van der Waals surface area contributed by atoms with E-state index >= 15 is 0 Å². The largest absolute Gasteiger partial charge is 0.354 e. The number of halogens is 1. The predicted molar refractivity (Wildman–Crippen MR) is 112 cm³/mol. The molecule has 0 unspecified atom stereocenters. The third-order valence-electron chi connectivity index (χ3n) is 5.28. The third-order valence-corrected chi connectivity index (χ3v) is 5.58. The summed E-state index contributed by atoms with van der Waals surface area (Å²) in [6.45, 7) is 1.50. The highest BCUT2D eigenvalue weighted by Crippen LogP contribution is 2.32. The summed E-state index contributed by atoms with van der Waals surface area (Å²) < 4.78 is 1.77. The van der Waals surface area contributed by atoms with Gasteiger partial charge in [0.2, 0.25) is 11.8 Å². The van der Waals surface area contributed by atoms with Crippen molar-refractivity contribution in [3.05, 3.63) is 47.9 Å². The first-order valence-electron chi connectivity index (χ1n) is 9.67. The first-order chi connectivity index (χ1) is 14.0. The van der Waals surface area contributed by atoms with Crippen LogP contribution in [0.15, 0.2) is 42.9 Å². The zero-order valence-corrected chi connectivity index (χ0v) is 16.8. The van der Waals surface area contributed by atoms with Crippen LogP contribution in [0.1, 0.15) is 32.6 Å². The zero-order chi connectivity index (χ0) is 20.4. The van der Waals surface area contributed by atoms with Crippen LogP contribution in [0.4, 0.5) is 5.82 Å². The molecule has 1 saturated carbocycles. The predicted octanol–water partition coefficient (Wildman–Crippen LogP) is 3.68. The number of carbonyl (C=O) groups is 2. The second-order valence-corrected chi connectivity index (χ2v) is 7.80. The van der Waals surface area contributed by atoms with Gasteiger partial charge in [0.1, 0.15) is 5.82 Å². The lowest BCUT2D eigenvalue weighted by atomic mass is 9.85. The van der Waals surface area contributed by atoms with E-state index in [9.17, 15) is 9.59 Å². The average molecular weight is 412 g/mol. The van der Waals surface area contributed by atoms with Gasteiger partial charge in [0.05, 0.1) is 16.7 Å². The smallest absolute Gasteiger partial charge is 0.228 e. The van der Waals surface area contributed by atoms with Crippen LogP contribution in [-0.2, 0) is 9.59 Å². The maximum atomic E-state index is 12.8. The molecule has 0 aliphatic heterocycles. The van der Waals surface area contributed by atoms with E-state index in [4.69, 9.17) is 11.6 Å². The first kappa shape index (κ1) is 19.4. The normalized spacial score (nSPS) is 19.1. The summed E-state index contributed by atoms with van der Waals surface area (Å²) in [5.41, 5.74) is 2.55. The van der Waals surface area contributed by atoms with Gasteiger partial charge in [-0.05, 0) is 37.5 Å². The minimum atomic E-state index is -0.154. The Morgan fingerprint density at radius 1 is 1.21 bits per heavy atom. The molecule has 3 aromatic rings. The molecule has 150 valence electrons. The van der Waals surface area contributed by atoms with Crippen molar-refractivity contribution in [2.24, 2.45) is 5.92 Å². The minimum Gasteiger partial charge on any atom is -0.354 e. The molecular formula is C21H22ClN5O2. The fourth-order valence-corrected chi connectivity index (χ4v) is 4.14. The number of rotatable bonds is 4. The van der Waals surface area contributed by atoms with Crippen LogP contribution in [-0.4, -0.2) is 32.5 Å². The number of hydrogen-bond acceptors (Lipinski definition) is 4. The Hall–Kier alpha value is -2.93. The molecule has 3 heterocycles. The topological polar surface area (TPSA) is 88.4 Å². The van der Waals surface area contributed by atoms with E-state index in [1.54, 1.807) is 23.0 Å². The van der Waals surface area contributed by atoms with Crippen molar-refractivity contribution >= 4 is 34.7 Å². The number of carbonyl (C=O) groups excluding carboxylic acids is 2. The molecular weight excluding hydrogens is 390 g/mol. The van der Waals surface area contributed by atoms with Crippen LogP contribution < -0.4 is 10.6 Å². The Kier molecular flexibility index (Phi) is 5.49. The van der Waals surface area contributed by atoms with Gasteiger partial charge in [-0.2, -0.15) is 5.10 Å². The second kappa shape index (κ2) is 8.21. The molecule has 1 fully saturated rings. The molecule has 1 aliphatic rings. The van der Waals surface area contributed by atoms with Crippen molar-refractivity contribution in [3.63, 3.8) is 0 Å². The maximum absolute atomic E-state index is 12.8. The summed E-state index contributed by atoms with van der Waals surface area (Å²) in [7, 11) is 0. The highest BCUT2D eigenvalue weighted by atomic mass is 35.5. The molecule has 29 heavy (non-hydrogen) atoms. The fourth-order valence-electron chi connectivity index (χ4n) is 3.93. The third kappa shape index (κ3) is 4.24. The number of nitrogens with one attached hydrogen (secondary N) is 2. The van der Waals surface area contributed by atoms with Crippen LogP contribution in [0.3, 0.4) is 0 Å². The van der Waals surface area contributed by atoms with Crippen molar-refractivity contribution in [1.29, 1.82) is 0 Å². The van der Waals surface area contributed by atoms with Crippen LogP contribution in [0, 0.1) is 5.92 Å². The number of hydrogen-bond donors (Lipinski definition) is 2. The van der Waals surface area contributed by atoms with Gasteiger partial charge in [-0.3, -0.25) is 9.59 Å². The van der Waals surface area contributed by atoms with Crippen molar-refractivity contribution in [2.45, 2.75) is 38.6 Å². The van der Waals surface area contributed by atoms with Gasteiger partial charge in [-0.1, -0.05) is 24.1 Å². The molecule has 2 N–H and O–H groups in total. The Morgan fingerprint density at radius 3 is 2.90 bits per heavy atom. The Bertz CT molecular complexity index is 1060. The number of aromatic nitrogens is 3. The van der Waals surface area contributed by atoms with E-state index in [1.165, 1.54) is 6.92 Å². The van der Waals surface area contributed by atoms with Crippen LogP contribution in [0.2, 0.25) is 5.02 Å². The van der Waals surface area contributed by atoms with Crippen molar-refractivity contribution < 1.29 is 9.59 Å². The SMILES string of the molecule is CC(=O)N[C@@H]1CCC[C@H](C(=O)Nc2cc(-c3cnn4ccccc34)c(Cl)cn2)C1. The van der Waals surface area contributed by atoms with Gasteiger partial charge in [-0.25, -0.2) is 9.50 Å².